The summed E-state index contributed by atoms with van der Waals surface area (Å²) in [5.41, 5.74) is 3.50. The summed E-state index contributed by atoms with van der Waals surface area (Å²) in [4.78, 5) is 11.2. The number of aryl methyl sites for hydroxylation is 2. The molecule has 21 heavy (non-hydrogen) atoms. The number of nitrogens with one attached hydrogen (secondary N) is 2. The van der Waals surface area contributed by atoms with E-state index in [2.05, 4.69) is 57.5 Å². The molecule has 0 unspecified atom stereocenters. The number of aromatic nitrogens is 2. The molecule has 2 aromatic rings. The molecule has 5 heteroatoms. The second-order valence-electron chi connectivity index (χ2n) is 5.48. The van der Waals surface area contributed by atoms with Crippen LogP contribution < -0.4 is 15.5 Å². The van der Waals surface area contributed by atoms with E-state index in [0.29, 0.717) is 5.95 Å². The van der Waals surface area contributed by atoms with Crippen LogP contribution in [0.3, 0.4) is 0 Å². The van der Waals surface area contributed by atoms with Crippen molar-refractivity contribution in [1.82, 2.24) is 15.3 Å². The van der Waals surface area contributed by atoms with Gasteiger partial charge in [0.15, 0.2) is 0 Å². The predicted molar refractivity (Wildman–Crippen MR) is 86.3 cm³/mol. The van der Waals surface area contributed by atoms with Gasteiger partial charge in [0.05, 0.1) is 0 Å². The van der Waals surface area contributed by atoms with E-state index < -0.39 is 0 Å². The first-order valence-electron chi connectivity index (χ1n) is 7.35. The van der Waals surface area contributed by atoms with E-state index in [1.54, 1.807) is 0 Å². The minimum atomic E-state index is 0.649. The predicted octanol–water partition coefficient (Wildman–Crippen LogP) is 2.25. The van der Waals surface area contributed by atoms with Gasteiger partial charge in [0, 0.05) is 38.1 Å². The highest BCUT2D eigenvalue weighted by Crippen LogP contribution is 2.19. The molecule has 1 aromatic heterocycles. The van der Waals surface area contributed by atoms with E-state index in [1.165, 1.54) is 11.1 Å². The number of piperazine rings is 1. The van der Waals surface area contributed by atoms with Gasteiger partial charge in [-0.2, -0.15) is 4.98 Å². The van der Waals surface area contributed by atoms with Crippen molar-refractivity contribution in [3.05, 3.63) is 41.6 Å². The fourth-order valence-electron chi connectivity index (χ4n) is 2.66. The molecular weight excluding hydrogens is 262 g/mol. The van der Waals surface area contributed by atoms with E-state index in [4.69, 9.17) is 0 Å². The van der Waals surface area contributed by atoms with Crippen molar-refractivity contribution in [2.45, 2.75) is 13.8 Å². The van der Waals surface area contributed by atoms with E-state index in [-0.39, 0.29) is 0 Å². The van der Waals surface area contributed by atoms with E-state index in [0.717, 1.165) is 37.7 Å². The average Bonchev–Trinajstić information content (AvgIpc) is 2.47. The van der Waals surface area contributed by atoms with Crippen LogP contribution in [0, 0.1) is 13.8 Å². The highest BCUT2D eigenvalue weighted by atomic mass is 15.3. The van der Waals surface area contributed by atoms with Gasteiger partial charge in [0.1, 0.15) is 5.82 Å². The Morgan fingerprint density at radius 2 is 1.81 bits per heavy atom. The molecule has 0 atom stereocenters. The minimum absolute atomic E-state index is 0.649. The third-order valence-electron chi connectivity index (χ3n) is 3.56. The molecule has 1 saturated heterocycles. The molecule has 5 nitrogen and oxygen atoms in total. The molecular formula is C16H21N5. The van der Waals surface area contributed by atoms with Crippen LogP contribution in [0.15, 0.2) is 30.5 Å². The van der Waals surface area contributed by atoms with Crippen LogP contribution in [-0.4, -0.2) is 36.1 Å². The van der Waals surface area contributed by atoms with Crippen LogP contribution in [0.4, 0.5) is 17.5 Å². The van der Waals surface area contributed by atoms with Crippen LogP contribution in [-0.2, 0) is 0 Å². The molecule has 0 radical (unpaired) electrons. The Hall–Kier alpha value is -2.14. The monoisotopic (exact) mass is 283 g/mol. The maximum atomic E-state index is 4.63. The number of rotatable bonds is 3. The van der Waals surface area contributed by atoms with Crippen molar-refractivity contribution < 1.29 is 0 Å². The lowest BCUT2D eigenvalue weighted by Gasteiger charge is -2.28. The molecule has 1 aromatic carbocycles. The number of benzene rings is 1. The zero-order chi connectivity index (χ0) is 14.7. The van der Waals surface area contributed by atoms with Crippen molar-refractivity contribution in [1.29, 1.82) is 0 Å². The molecule has 1 fully saturated rings. The number of hydrogen-bond acceptors (Lipinski definition) is 5. The van der Waals surface area contributed by atoms with Gasteiger partial charge in [-0.15, -0.1) is 0 Å². The summed E-state index contributed by atoms with van der Waals surface area (Å²) in [6.07, 6.45) is 1.81. The summed E-state index contributed by atoms with van der Waals surface area (Å²) < 4.78 is 0. The topological polar surface area (TPSA) is 53.1 Å². The standard InChI is InChI=1S/C16H21N5/c1-12-9-13(2)11-14(10-12)19-16-18-4-3-15(20-16)21-7-5-17-6-8-21/h3-4,9-11,17H,5-8H2,1-2H3,(H,18,19,20). The lowest BCUT2D eigenvalue weighted by atomic mass is 10.1. The average molecular weight is 283 g/mol. The number of hydrogen-bond donors (Lipinski definition) is 2. The first-order valence-corrected chi connectivity index (χ1v) is 7.35. The maximum Gasteiger partial charge on any atom is 0.229 e. The Kier molecular flexibility index (Phi) is 4.01. The molecule has 0 aliphatic carbocycles. The van der Waals surface area contributed by atoms with Gasteiger partial charge in [-0.3, -0.25) is 0 Å². The van der Waals surface area contributed by atoms with Crippen molar-refractivity contribution in [2.24, 2.45) is 0 Å². The largest absolute Gasteiger partial charge is 0.354 e. The van der Waals surface area contributed by atoms with Crippen molar-refractivity contribution in [2.75, 3.05) is 36.4 Å². The number of nitrogens with zero attached hydrogens (tertiary/aromatic N) is 3. The van der Waals surface area contributed by atoms with Crippen molar-refractivity contribution >= 4 is 17.5 Å². The highest BCUT2D eigenvalue weighted by Gasteiger charge is 2.12. The Morgan fingerprint density at radius 1 is 1.10 bits per heavy atom. The number of anilines is 3. The molecule has 3 rings (SSSR count). The Labute approximate surface area is 125 Å². The fraction of sp³-hybridized carbons (Fsp3) is 0.375. The zero-order valence-corrected chi connectivity index (χ0v) is 12.6. The summed E-state index contributed by atoms with van der Waals surface area (Å²) in [6, 6.07) is 8.34. The normalized spacial score (nSPS) is 15.0. The zero-order valence-electron chi connectivity index (χ0n) is 12.6. The lowest BCUT2D eigenvalue weighted by molar-refractivity contribution is 0.585. The summed E-state index contributed by atoms with van der Waals surface area (Å²) >= 11 is 0. The first kappa shape index (κ1) is 13.8. The van der Waals surface area contributed by atoms with Crippen molar-refractivity contribution in [3.8, 4) is 0 Å². The molecule has 2 heterocycles. The SMILES string of the molecule is Cc1cc(C)cc(Nc2nccc(N3CCNCC3)n2)c1. The summed E-state index contributed by atoms with van der Waals surface area (Å²) in [6.45, 7) is 8.17. The molecule has 1 aliphatic heterocycles. The van der Waals surface area contributed by atoms with Crippen LogP contribution in [0.5, 0.6) is 0 Å². The van der Waals surface area contributed by atoms with Crippen LogP contribution >= 0.6 is 0 Å². The maximum absolute atomic E-state index is 4.63. The van der Waals surface area contributed by atoms with Gasteiger partial charge in [-0.1, -0.05) is 6.07 Å². The quantitative estimate of drug-likeness (QED) is 0.905. The molecule has 1 aliphatic rings. The van der Waals surface area contributed by atoms with E-state index in [9.17, 15) is 0 Å². The van der Waals surface area contributed by atoms with Crippen LogP contribution in [0.2, 0.25) is 0 Å². The Balaban J connectivity index is 1.79. The third-order valence-corrected chi connectivity index (χ3v) is 3.56. The Bertz CT molecular complexity index is 600. The summed E-state index contributed by atoms with van der Waals surface area (Å²) in [5.74, 6) is 1.63. The fourth-order valence-corrected chi connectivity index (χ4v) is 2.66. The van der Waals surface area contributed by atoms with Gasteiger partial charge >= 0.3 is 0 Å². The lowest BCUT2D eigenvalue weighted by Crippen LogP contribution is -2.43. The molecule has 2 N–H and O–H groups in total. The second kappa shape index (κ2) is 6.10. The van der Waals surface area contributed by atoms with Gasteiger partial charge < -0.3 is 15.5 Å². The molecule has 0 bridgehead atoms. The van der Waals surface area contributed by atoms with Crippen molar-refractivity contribution in [3.63, 3.8) is 0 Å². The minimum Gasteiger partial charge on any atom is -0.354 e. The second-order valence-corrected chi connectivity index (χ2v) is 5.48. The van der Waals surface area contributed by atoms with Crippen LogP contribution in [0.25, 0.3) is 0 Å². The van der Waals surface area contributed by atoms with Crippen LogP contribution in [0.1, 0.15) is 11.1 Å². The van der Waals surface area contributed by atoms with E-state index in [1.807, 2.05) is 12.3 Å². The van der Waals surface area contributed by atoms with Gasteiger partial charge in [-0.05, 0) is 43.2 Å². The molecule has 110 valence electrons. The summed E-state index contributed by atoms with van der Waals surface area (Å²) in [7, 11) is 0. The molecule has 0 saturated carbocycles. The smallest absolute Gasteiger partial charge is 0.229 e. The first-order chi connectivity index (χ1) is 10.2. The summed E-state index contributed by atoms with van der Waals surface area (Å²) in [5, 5.41) is 6.65. The highest BCUT2D eigenvalue weighted by molar-refractivity contribution is 5.57. The van der Waals surface area contributed by atoms with Gasteiger partial charge in [0.25, 0.3) is 0 Å². The molecule has 0 spiro atoms. The van der Waals surface area contributed by atoms with Gasteiger partial charge in [0.2, 0.25) is 5.95 Å². The Morgan fingerprint density at radius 3 is 2.52 bits per heavy atom. The van der Waals surface area contributed by atoms with Gasteiger partial charge in [-0.25, -0.2) is 4.98 Å². The third kappa shape index (κ3) is 3.49. The molecule has 0 amide bonds. The van der Waals surface area contributed by atoms with E-state index >= 15 is 0 Å².